The number of hydrogen-bond donors (Lipinski definition) is 0. The fourth-order valence-electron chi connectivity index (χ4n) is 1.86. The third kappa shape index (κ3) is 3.53. The van der Waals surface area contributed by atoms with E-state index >= 15 is 0 Å². The van der Waals surface area contributed by atoms with Gasteiger partial charge in [0.2, 0.25) is 9.84 Å². The molecule has 0 unspecified atom stereocenters. The van der Waals surface area contributed by atoms with Crippen LogP contribution in [0, 0.1) is 0 Å². The summed E-state index contributed by atoms with van der Waals surface area (Å²) in [5, 5.41) is 0. The minimum atomic E-state index is -4.64. The molecule has 3 nitrogen and oxygen atoms in total. The highest BCUT2D eigenvalue weighted by atomic mass is 35.5. The first-order chi connectivity index (χ1) is 9.82. The van der Waals surface area contributed by atoms with Gasteiger partial charge in [0.05, 0.1) is 21.5 Å². The fourth-order valence-corrected chi connectivity index (χ4v) is 3.98. The van der Waals surface area contributed by atoms with E-state index in [1.807, 2.05) is 6.07 Å². The van der Waals surface area contributed by atoms with Crippen LogP contribution in [0.4, 0.5) is 14.5 Å². The Morgan fingerprint density at radius 2 is 1.90 bits per heavy atom. The molecule has 0 amide bonds. The van der Waals surface area contributed by atoms with Crippen LogP contribution in [0.5, 0.6) is 0 Å². The van der Waals surface area contributed by atoms with Crippen LogP contribution in [-0.4, -0.2) is 21.2 Å². The van der Waals surface area contributed by atoms with Crippen molar-refractivity contribution in [1.82, 2.24) is 0 Å². The van der Waals surface area contributed by atoms with Crippen LogP contribution in [0.15, 0.2) is 41.3 Å². The molecule has 8 heteroatoms. The van der Waals surface area contributed by atoms with Crippen LogP contribution in [0.25, 0.3) is 0 Å². The number of nitrogens with zero attached hydrogens (tertiary/aromatic N) is 1. The molecule has 0 atom stereocenters. The van der Waals surface area contributed by atoms with E-state index in [-0.39, 0.29) is 10.6 Å². The molecule has 0 fully saturated rings. The van der Waals surface area contributed by atoms with Gasteiger partial charge in [-0.15, -0.1) is 11.3 Å². The van der Waals surface area contributed by atoms with Gasteiger partial charge in [-0.25, -0.2) is 8.42 Å². The number of para-hydroxylation sites is 1. The quantitative estimate of drug-likeness (QED) is 0.816. The first-order valence-corrected chi connectivity index (χ1v) is 8.63. The zero-order valence-electron chi connectivity index (χ0n) is 11.0. The molecule has 0 bridgehead atoms. The zero-order valence-corrected chi connectivity index (χ0v) is 13.4. The van der Waals surface area contributed by atoms with E-state index in [1.165, 1.54) is 29.5 Å². The number of anilines is 1. The molecule has 0 radical (unpaired) electrons. The lowest BCUT2D eigenvalue weighted by atomic mass is 10.3. The Morgan fingerprint density at radius 1 is 1.24 bits per heavy atom. The van der Waals surface area contributed by atoms with Crippen LogP contribution in [0.1, 0.15) is 4.88 Å². The number of rotatable bonds is 5. The highest BCUT2D eigenvalue weighted by Crippen LogP contribution is 2.30. The molecule has 1 heterocycles. The third-order valence-electron chi connectivity index (χ3n) is 2.84. The van der Waals surface area contributed by atoms with Gasteiger partial charge in [-0.3, -0.25) is 0 Å². The van der Waals surface area contributed by atoms with Crippen molar-refractivity contribution in [2.45, 2.75) is 17.2 Å². The lowest BCUT2D eigenvalue weighted by Gasteiger charge is -2.21. The van der Waals surface area contributed by atoms with E-state index in [9.17, 15) is 17.2 Å². The van der Waals surface area contributed by atoms with Crippen molar-refractivity contribution in [2.24, 2.45) is 0 Å². The number of thiophene rings is 1. The number of hydrogen-bond acceptors (Lipinski definition) is 4. The highest BCUT2D eigenvalue weighted by molar-refractivity contribution is 7.91. The largest absolute Gasteiger partial charge is 0.368 e. The van der Waals surface area contributed by atoms with Crippen molar-refractivity contribution in [3.05, 3.63) is 45.6 Å². The summed E-state index contributed by atoms with van der Waals surface area (Å²) in [6.07, 6.45) is 0. The van der Waals surface area contributed by atoms with Crippen molar-refractivity contribution in [3.8, 4) is 0 Å². The van der Waals surface area contributed by atoms with Crippen LogP contribution in [-0.2, 0) is 16.4 Å². The number of benzene rings is 1. The molecule has 0 aliphatic carbocycles. The summed E-state index contributed by atoms with van der Waals surface area (Å²) in [7, 11) is -2.99. The van der Waals surface area contributed by atoms with Gasteiger partial charge < -0.3 is 4.90 Å². The minimum absolute atomic E-state index is 0.238. The lowest BCUT2D eigenvalue weighted by molar-refractivity contribution is 0.235. The van der Waals surface area contributed by atoms with Crippen LogP contribution in [0.3, 0.4) is 0 Å². The second-order valence-corrected chi connectivity index (χ2v) is 8.02. The fraction of sp³-hybridized carbons (Fsp3) is 0.231. The molecule has 0 N–H and O–H groups in total. The Labute approximate surface area is 130 Å². The van der Waals surface area contributed by atoms with Crippen molar-refractivity contribution in [1.29, 1.82) is 0 Å². The SMILES string of the molecule is CN(Cc1ccc(Cl)s1)c1ccccc1S(=O)(=O)C(F)F. The number of sulfone groups is 1. The summed E-state index contributed by atoms with van der Waals surface area (Å²) in [6.45, 7) is 0.382. The standard InChI is InChI=1S/C13H12ClF2NO2S2/c1-17(8-9-6-7-12(14)20-9)10-4-2-3-5-11(10)21(18,19)13(15)16/h2-7,13H,8H2,1H3. The Bertz CT molecular complexity index is 731. The van der Waals surface area contributed by atoms with E-state index < -0.39 is 15.6 Å². The Hall–Kier alpha value is -1.18. The van der Waals surface area contributed by atoms with Crippen LogP contribution < -0.4 is 4.90 Å². The van der Waals surface area contributed by atoms with Crippen LogP contribution in [0.2, 0.25) is 4.34 Å². The topological polar surface area (TPSA) is 37.4 Å². The van der Waals surface area contributed by atoms with Gasteiger partial charge in [0.15, 0.2) is 0 Å². The molecule has 0 saturated carbocycles. The summed E-state index contributed by atoms with van der Waals surface area (Å²) in [4.78, 5) is 2.15. The van der Waals surface area contributed by atoms with E-state index in [2.05, 4.69) is 0 Å². The molecule has 0 aliphatic heterocycles. The third-order valence-corrected chi connectivity index (χ3v) is 5.48. The van der Waals surface area contributed by atoms with Crippen molar-refractivity contribution >= 4 is 38.5 Å². The van der Waals surface area contributed by atoms with Gasteiger partial charge in [0, 0.05) is 11.9 Å². The first-order valence-electron chi connectivity index (χ1n) is 5.89. The number of alkyl halides is 2. The molecule has 0 spiro atoms. The Kier molecular flexibility index (Phi) is 4.85. The molecule has 1 aromatic heterocycles. The van der Waals surface area contributed by atoms with E-state index in [0.29, 0.717) is 10.9 Å². The second kappa shape index (κ2) is 6.29. The molecule has 2 aromatic rings. The summed E-state index contributed by atoms with van der Waals surface area (Å²) in [6, 6.07) is 9.27. The summed E-state index contributed by atoms with van der Waals surface area (Å²) in [5.74, 6) is -3.44. The smallest absolute Gasteiger partial charge is 0.341 e. The van der Waals surface area contributed by atoms with Gasteiger partial charge in [-0.2, -0.15) is 8.78 Å². The molecular formula is C13H12ClF2NO2S2. The molecule has 114 valence electrons. The van der Waals surface area contributed by atoms with Gasteiger partial charge in [-0.1, -0.05) is 23.7 Å². The normalized spacial score (nSPS) is 11.9. The molecular weight excluding hydrogens is 340 g/mol. The molecule has 21 heavy (non-hydrogen) atoms. The predicted molar refractivity (Wildman–Crippen MR) is 81.1 cm³/mol. The maximum Gasteiger partial charge on any atom is 0.341 e. The molecule has 0 saturated heterocycles. The van der Waals surface area contributed by atoms with Gasteiger partial charge in [-0.05, 0) is 24.3 Å². The van der Waals surface area contributed by atoms with E-state index in [4.69, 9.17) is 11.6 Å². The second-order valence-electron chi connectivity index (χ2n) is 4.34. The Balaban J connectivity index is 2.36. The maximum absolute atomic E-state index is 12.8. The van der Waals surface area contributed by atoms with Crippen molar-refractivity contribution < 1.29 is 17.2 Å². The van der Waals surface area contributed by atoms with Gasteiger partial charge >= 0.3 is 5.76 Å². The monoisotopic (exact) mass is 351 g/mol. The first kappa shape index (κ1) is 16.2. The zero-order chi connectivity index (χ0) is 15.6. The summed E-state index contributed by atoms with van der Waals surface area (Å²) >= 11 is 7.20. The average Bonchev–Trinajstić information content (AvgIpc) is 2.83. The molecule has 2 rings (SSSR count). The molecule has 0 aliphatic rings. The van der Waals surface area contributed by atoms with Crippen molar-refractivity contribution in [2.75, 3.05) is 11.9 Å². The predicted octanol–water partition coefficient (Wildman–Crippen LogP) is 4.03. The van der Waals surface area contributed by atoms with Gasteiger partial charge in [0.1, 0.15) is 0 Å². The maximum atomic E-state index is 12.8. The molecule has 1 aromatic carbocycles. The van der Waals surface area contributed by atoms with Gasteiger partial charge in [0.25, 0.3) is 0 Å². The highest BCUT2D eigenvalue weighted by Gasteiger charge is 2.29. The summed E-state index contributed by atoms with van der Waals surface area (Å²) in [5.41, 5.74) is 0.238. The van der Waals surface area contributed by atoms with Crippen molar-refractivity contribution in [3.63, 3.8) is 0 Å². The summed E-state index contributed by atoms with van der Waals surface area (Å²) < 4.78 is 49.6. The van der Waals surface area contributed by atoms with E-state index in [0.717, 1.165) is 4.88 Å². The van der Waals surface area contributed by atoms with E-state index in [1.54, 1.807) is 24.1 Å². The Morgan fingerprint density at radius 3 is 2.48 bits per heavy atom. The minimum Gasteiger partial charge on any atom is -0.368 e. The van der Waals surface area contributed by atoms with Crippen LogP contribution >= 0.6 is 22.9 Å². The average molecular weight is 352 g/mol. The lowest BCUT2D eigenvalue weighted by Crippen LogP contribution is -2.21. The number of halogens is 3.